The number of aromatic nitrogens is 1. The zero-order chi connectivity index (χ0) is 14.9. The van der Waals surface area contributed by atoms with Gasteiger partial charge in [0.15, 0.2) is 0 Å². The quantitative estimate of drug-likeness (QED) is 0.681. The summed E-state index contributed by atoms with van der Waals surface area (Å²) < 4.78 is 51.5. The minimum atomic E-state index is -4.54. The van der Waals surface area contributed by atoms with E-state index in [1.54, 1.807) is 0 Å². The van der Waals surface area contributed by atoms with Crippen molar-refractivity contribution in [2.45, 2.75) is 12.7 Å². The van der Waals surface area contributed by atoms with E-state index in [9.17, 15) is 22.4 Å². The normalized spacial score (nSPS) is 11.6. The molecule has 106 valence electrons. The first kappa shape index (κ1) is 14.1. The molecular weight excluding hydrogens is 276 g/mol. The van der Waals surface area contributed by atoms with Crippen LogP contribution in [-0.2, 0) is 12.7 Å². The summed E-state index contributed by atoms with van der Waals surface area (Å²) in [5.74, 6) is -0.553. The van der Waals surface area contributed by atoms with Gasteiger partial charge in [-0.25, -0.2) is 4.39 Å². The van der Waals surface area contributed by atoms with Crippen LogP contribution in [0.4, 0.5) is 23.2 Å². The Hall–Kier alpha value is -2.31. The van der Waals surface area contributed by atoms with Crippen LogP contribution in [-0.4, -0.2) is 4.57 Å². The molecule has 3 nitrogen and oxygen atoms in total. The number of nitrogen functional groups attached to an aromatic ring is 1. The molecule has 0 aliphatic carbocycles. The highest BCUT2D eigenvalue weighted by Gasteiger charge is 2.31. The number of benzene rings is 1. The molecule has 0 fully saturated rings. The van der Waals surface area contributed by atoms with Crippen LogP contribution in [0.3, 0.4) is 0 Å². The van der Waals surface area contributed by atoms with Gasteiger partial charge in [0.1, 0.15) is 5.82 Å². The van der Waals surface area contributed by atoms with Gasteiger partial charge in [0.25, 0.3) is 5.56 Å². The molecule has 0 aliphatic heterocycles. The van der Waals surface area contributed by atoms with Crippen LogP contribution in [0.25, 0.3) is 0 Å². The smallest absolute Gasteiger partial charge is 0.398 e. The third-order valence-corrected chi connectivity index (χ3v) is 2.76. The molecule has 7 heteroatoms. The number of halogens is 4. The molecule has 0 saturated carbocycles. The first-order valence-electron chi connectivity index (χ1n) is 5.59. The molecule has 0 saturated heterocycles. The van der Waals surface area contributed by atoms with Crippen LogP contribution in [0.1, 0.15) is 11.1 Å². The number of nitrogens with two attached hydrogens (primary N) is 1. The Morgan fingerprint density at radius 2 is 1.85 bits per heavy atom. The van der Waals surface area contributed by atoms with E-state index in [-0.39, 0.29) is 12.2 Å². The minimum Gasteiger partial charge on any atom is -0.398 e. The van der Waals surface area contributed by atoms with Crippen molar-refractivity contribution in [1.82, 2.24) is 4.57 Å². The standard InChI is InChI=1S/C13H10F4N2O/c14-10-3-1-8(11(18)5-10)6-19-7-9(13(15,16)17)2-4-12(19)20/h1-5,7H,6,18H2. The second-order valence-corrected chi connectivity index (χ2v) is 4.22. The van der Waals surface area contributed by atoms with E-state index in [1.807, 2.05) is 0 Å². The Labute approximate surface area is 111 Å². The maximum atomic E-state index is 12.9. The number of pyridine rings is 1. The van der Waals surface area contributed by atoms with E-state index >= 15 is 0 Å². The van der Waals surface area contributed by atoms with E-state index in [4.69, 9.17) is 5.73 Å². The average Bonchev–Trinajstić information content (AvgIpc) is 2.33. The second-order valence-electron chi connectivity index (χ2n) is 4.22. The van der Waals surface area contributed by atoms with Gasteiger partial charge in [-0.2, -0.15) is 13.2 Å². The third kappa shape index (κ3) is 2.98. The fraction of sp³-hybridized carbons (Fsp3) is 0.154. The predicted octanol–water partition coefficient (Wildman–Crippen LogP) is 2.64. The van der Waals surface area contributed by atoms with Crippen molar-refractivity contribution in [3.05, 3.63) is 63.8 Å². The van der Waals surface area contributed by atoms with Crippen molar-refractivity contribution in [1.29, 1.82) is 0 Å². The summed E-state index contributed by atoms with van der Waals surface area (Å²) in [7, 11) is 0. The van der Waals surface area contributed by atoms with Crippen LogP contribution in [0, 0.1) is 5.82 Å². The lowest BCUT2D eigenvalue weighted by molar-refractivity contribution is -0.138. The zero-order valence-electron chi connectivity index (χ0n) is 10.1. The van der Waals surface area contributed by atoms with Gasteiger partial charge in [0, 0.05) is 18.0 Å². The van der Waals surface area contributed by atoms with Gasteiger partial charge in [0.2, 0.25) is 0 Å². The molecule has 0 aliphatic rings. The van der Waals surface area contributed by atoms with Crippen molar-refractivity contribution in [2.75, 3.05) is 5.73 Å². The summed E-state index contributed by atoms with van der Waals surface area (Å²) in [4.78, 5) is 11.6. The highest BCUT2D eigenvalue weighted by molar-refractivity contribution is 5.47. The van der Waals surface area contributed by atoms with Crippen molar-refractivity contribution < 1.29 is 17.6 Å². The molecule has 1 aromatic heterocycles. The molecule has 20 heavy (non-hydrogen) atoms. The Morgan fingerprint density at radius 1 is 1.15 bits per heavy atom. The molecule has 2 aromatic rings. The van der Waals surface area contributed by atoms with Gasteiger partial charge in [-0.05, 0) is 23.8 Å². The van der Waals surface area contributed by atoms with Crippen LogP contribution >= 0.6 is 0 Å². The number of anilines is 1. The molecule has 1 aromatic carbocycles. The van der Waals surface area contributed by atoms with Crippen molar-refractivity contribution in [3.63, 3.8) is 0 Å². The van der Waals surface area contributed by atoms with Gasteiger partial charge in [-0.15, -0.1) is 0 Å². The Morgan fingerprint density at radius 3 is 2.45 bits per heavy atom. The molecule has 0 unspecified atom stereocenters. The van der Waals surface area contributed by atoms with Crippen molar-refractivity contribution >= 4 is 5.69 Å². The van der Waals surface area contributed by atoms with E-state index in [1.165, 1.54) is 6.07 Å². The van der Waals surface area contributed by atoms with Gasteiger partial charge in [0.05, 0.1) is 12.1 Å². The zero-order valence-corrected chi connectivity index (χ0v) is 10.1. The van der Waals surface area contributed by atoms with E-state index in [2.05, 4.69) is 0 Å². The molecule has 0 bridgehead atoms. The highest BCUT2D eigenvalue weighted by Crippen LogP contribution is 2.28. The monoisotopic (exact) mass is 286 g/mol. The fourth-order valence-electron chi connectivity index (χ4n) is 1.72. The number of nitrogens with zero attached hydrogens (tertiary/aromatic N) is 1. The van der Waals surface area contributed by atoms with E-state index < -0.39 is 23.1 Å². The summed E-state index contributed by atoms with van der Waals surface area (Å²) in [6, 6.07) is 5.06. The first-order valence-corrected chi connectivity index (χ1v) is 5.59. The first-order chi connectivity index (χ1) is 9.27. The lowest BCUT2D eigenvalue weighted by atomic mass is 10.1. The highest BCUT2D eigenvalue weighted by atomic mass is 19.4. The largest absolute Gasteiger partial charge is 0.417 e. The summed E-state index contributed by atoms with van der Waals surface area (Å²) in [5, 5.41) is 0. The lowest BCUT2D eigenvalue weighted by Gasteiger charge is -2.12. The SMILES string of the molecule is Nc1cc(F)ccc1Cn1cc(C(F)(F)F)ccc1=O. The Balaban J connectivity index is 2.40. The van der Waals surface area contributed by atoms with Gasteiger partial charge >= 0.3 is 6.18 Å². The van der Waals surface area contributed by atoms with E-state index in [0.717, 1.165) is 22.8 Å². The Bertz CT molecular complexity index is 692. The maximum Gasteiger partial charge on any atom is 0.417 e. The average molecular weight is 286 g/mol. The molecule has 1 heterocycles. The van der Waals surface area contributed by atoms with Crippen molar-refractivity contribution in [3.8, 4) is 0 Å². The lowest BCUT2D eigenvalue weighted by Crippen LogP contribution is -2.22. The second kappa shape index (κ2) is 4.99. The summed E-state index contributed by atoms with van der Waals surface area (Å²) >= 11 is 0. The van der Waals surface area contributed by atoms with E-state index in [0.29, 0.717) is 17.8 Å². The number of rotatable bonds is 2. The maximum absolute atomic E-state index is 12.9. The summed E-state index contributed by atoms with van der Waals surface area (Å²) in [5.41, 5.74) is 4.48. The Kier molecular flexibility index (Phi) is 3.52. The predicted molar refractivity (Wildman–Crippen MR) is 65.6 cm³/mol. The summed E-state index contributed by atoms with van der Waals surface area (Å²) in [6.07, 6.45) is -3.82. The molecule has 0 amide bonds. The number of hydrogen-bond donors (Lipinski definition) is 1. The molecule has 0 atom stereocenters. The molecule has 2 N–H and O–H groups in total. The molecule has 0 radical (unpaired) electrons. The van der Waals surface area contributed by atoms with Gasteiger partial charge < -0.3 is 10.3 Å². The number of hydrogen-bond acceptors (Lipinski definition) is 2. The number of alkyl halides is 3. The van der Waals surface area contributed by atoms with Crippen LogP contribution in [0.2, 0.25) is 0 Å². The topological polar surface area (TPSA) is 48.0 Å². The van der Waals surface area contributed by atoms with Gasteiger partial charge in [-0.1, -0.05) is 6.07 Å². The summed E-state index contributed by atoms with van der Waals surface area (Å²) in [6.45, 7) is -0.158. The van der Waals surface area contributed by atoms with Crippen LogP contribution < -0.4 is 11.3 Å². The minimum absolute atomic E-state index is 0.0781. The van der Waals surface area contributed by atoms with Crippen molar-refractivity contribution in [2.24, 2.45) is 0 Å². The molecule has 0 spiro atoms. The van der Waals surface area contributed by atoms with Gasteiger partial charge in [-0.3, -0.25) is 4.79 Å². The van der Waals surface area contributed by atoms with Crippen LogP contribution in [0.15, 0.2) is 41.3 Å². The third-order valence-electron chi connectivity index (χ3n) is 2.76. The van der Waals surface area contributed by atoms with Crippen LogP contribution in [0.5, 0.6) is 0 Å². The fourth-order valence-corrected chi connectivity index (χ4v) is 1.72. The molecule has 2 rings (SSSR count). The molecular formula is C13H10F4N2O.